The van der Waals surface area contributed by atoms with Crippen molar-refractivity contribution in [1.29, 1.82) is 0 Å². The van der Waals surface area contributed by atoms with Crippen LogP contribution in [0.2, 0.25) is 0 Å². The van der Waals surface area contributed by atoms with Crippen LogP contribution in [0.15, 0.2) is 12.3 Å². The molecule has 1 heterocycles. The van der Waals surface area contributed by atoms with Gasteiger partial charge in [0.15, 0.2) is 0 Å². The maximum atomic E-state index is 4.65. The predicted molar refractivity (Wildman–Crippen MR) is 71.1 cm³/mol. The zero-order chi connectivity index (χ0) is 12.3. The summed E-state index contributed by atoms with van der Waals surface area (Å²) in [7, 11) is 2.09. The van der Waals surface area contributed by atoms with E-state index in [-0.39, 0.29) is 0 Å². The minimum absolute atomic E-state index is 0.461. The lowest BCUT2D eigenvalue weighted by Gasteiger charge is -2.21. The van der Waals surface area contributed by atoms with E-state index in [4.69, 9.17) is 0 Å². The fraction of sp³-hybridized carbons (Fsp3) is 0.786. The van der Waals surface area contributed by atoms with Crippen LogP contribution in [0, 0.1) is 5.92 Å². The SMILES string of the molecule is CNC(Cc1ccn(C(C)C)n1)C1CCCC1. The number of nitrogens with zero attached hydrogens (tertiary/aromatic N) is 2. The Morgan fingerprint density at radius 1 is 1.41 bits per heavy atom. The van der Waals surface area contributed by atoms with Gasteiger partial charge in [-0.25, -0.2) is 0 Å². The van der Waals surface area contributed by atoms with Crippen molar-refractivity contribution in [3.05, 3.63) is 18.0 Å². The number of hydrogen-bond acceptors (Lipinski definition) is 2. The fourth-order valence-corrected chi connectivity index (χ4v) is 2.86. The highest BCUT2D eigenvalue weighted by Gasteiger charge is 2.24. The van der Waals surface area contributed by atoms with E-state index >= 15 is 0 Å². The van der Waals surface area contributed by atoms with Crippen molar-refractivity contribution in [3.8, 4) is 0 Å². The van der Waals surface area contributed by atoms with Crippen molar-refractivity contribution in [2.75, 3.05) is 7.05 Å². The maximum Gasteiger partial charge on any atom is 0.0640 e. The van der Waals surface area contributed by atoms with Crippen molar-refractivity contribution < 1.29 is 0 Å². The van der Waals surface area contributed by atoms with Crippen LogP contribution in [0.4, 0.5) is 0 Å². The fourth-order valence-electron chi connectivity index (χ4n) is 2.86. The Hall–Kier alpha value is -0.830. The third-order valence-electron chi connectivity index (χ3n) is 3.96. The summed E-state index contributed by atoms with van der Waals surface area (Å²) in [5.74, 6) is 0.851. The first-order valence-corrected chi connectivity index (χ1v) is 6.92. The van der Waals surface area contributed by atoms with Gasteiger partial charge in [0.05, 0.1) is 5.69 Å². The second kappa shape index (κ2) is 5.67. The van der Waals surface area contributed by atoms with Crippen molar-refractivity contribution in [2.24, 2.45) is 5.92 Å². The lowest BCUT2D eigenvalue weighted by atomic mass is 9.94. The molecule has 3 heteroatoms. The normalized spacial score (nSPS) is 19.1. The molecule has 1 N–H and O–H groups in total. The zero-order valence-electron chi connectivity index (χ0n) is 11.3. The Morgan fingerprint density at radius 3 is 2.65 bits per heavy atom. The van der Waals surface area contributed by atoms with Crippen molar-refractivity contribution in [1.82, 2.24) is 15.1 Å². The van der Waals surface area contributed by atoms with Crippen LogP contribution < -0.4 is 5.32 Å². The lowest BCUT2D eigenvalue weighted by molar-refractivity contribution is 0.372. The quantitative estimate of drug-likeness (QED) is 0.850. The van der Waals surface area contributed by atoms with Gasteiger partial charge in [-0.3, -0.25) is 4.68 Å². The summed E-state index contributed by atoms with van der Waals surface area (Å²) in [6, 6.07) is 3.23. The summed E-state index contributed by atoms with van der Waals surface area (Å²) in [4.78, 5) is 0. The third-order valence-corrected chi connectivity index (χ3v) is 3.96. The topological polar surface area (TPSA) is 29.9 Å². The third kappa shape index (κ3) is 3.09. The monoisotopic (exact) mass is 235 g/mol. The Labute approximate surface area is 105 Å². The largest absolute Gasteiger partial charge is 0.316 e. The first kappa shape index (κ1) is 12.6. The van der Waals surface area contributed by atoms with Crippen molar-refractivity contribution in [3.63, 3.8) is 0 Å². The number of hydrogen-bond donors (Lipinski definition) is 1. The molecule has 1 saturated carbocycles. The molecule has 0 aromatic carbocycles. The molecular weight excluding hydrogens is 210 g/mol. The van der Waals surface area contributed by atoms with Gasteiger partial charge in [-0.05, 0) is 45.7 Å². The van der Waals surface area contributed by atoms with E-state index in [9.17, 15) is 0 Å². The number of nitrogens with one attached hydrogen (secondary N) is 1. The summed E-state index contributed by atoms with van der Waals surface area (Å²) in [6.45, 7) is 4.34. The summed E-state index contributed by atoms with van der Waals surface area (Å²) < 4.78 is 2.05. The van der Waals surface area contributed by atoms with Crippen LogP contribution >= 0.6 is 0 Å². The number of aromatic nitrogens is 2. The van der Waals surface area contributed by atoms with Crippen LogP contribution in [0.5, 0.6) is 0 Å². The first-order chi connectivity index (χ1) is 8.20. The smallest absolute Gasteiger partial charge is 0.0640 e. The van der Waals surface area contributed by atoms with Crippen molar-refractivity contribution >= 4 is 0 Å². The van der Waals surface area contributed by atoms with Crippen LogP contribution in [0.3, 0.4) is 0 Å². The molecule has 1 atom stereocenters. The first-order valence-electron chi connectivity index (χ1n) is 6.92. The molecule has 17 heavy (non-hydrogen) atoms. The van der Waals surface area contributed by atoms with Gasteiger partial charge in [-0.2, -0.15) is 5.10 Å². The van der Waals surface area contributed by atoms with Gasteiger partial charge in [-0.1, -0.05) is 12.8 Å². The van der Waals surface area contributed by atoms with Crippen LogP contribution in [-0.4, -0.2) is 22.9 Å². The minimum Gasteiger partial charge on any atom is -0.316 e. The summed E-state index contributed by atoms with van der Waals surface area (Å²) in [5.41, 5.74) is 1.23. The van der Waals surface area contributed by atoms with Crippen LogP contribution in [0.1, 0.15) is 51.3 Å². The van der Waals surface area contributed by atoms with E-state index < -0.39 is 0 Å². The minimum atomic E-state index is 0.461. The van der Waals surface area contributed by atoms with Gasteiger partial charge in [0.2, 0.25) is 0 Å². The van der Waals surface area contributed by atoms with Gasteiger partial charge in [0.1, 0.15) is 0 Å². The second-order valence-corrected chi connectivity index (χ2v) is 5.52. The Bertz CT molecular complexity index is 337. The predicted octanol–water partition coefficient (Wildman–Crippen LogP) is 2.78. The highest BCUT2D eigenvalue weighted by atomic mass is 15.3. The average Bonchev–Trinajstić information content (AvgIpc) is 2.96. The number of rotatable bonds is 5. The van der Waals surface area contributed by atoms with E-state index in [0.717, 1.165) is 12.3 Å². The second-order valence-electron chi connectivity index (χ2n) is 5.52. The number of likely N-dealkylation sites (N-methyl/N-ethyl adjacent to an activating group) is 1. The summed E-state index contributed by atoms with van der Waals surface area (Å²) in [5, 5.41) is 8.13. The van der Waals surface area contributed by atoms with E-state index in [1.807, 2.05) is 0 Å². The molecule has 1 aliphatic rings. The zero-order valence-corrected chi connectivity index (χ0v) is 11.3. The average molecular weight is 235 g/mol. The Morgan fingerprint density at radius 2 is 2.12 bits per heavy atom. The van der Waals surface area contributed by atoms with E-state index in [2.05, 4.69) is 48.3 Å². The Kier molecular flexibility index (Phi) is 4.21. The molecule has 0 aliphatic heterocycles. The molecule has 0 amide bonds. The molecule has 1 unspecified atom stereocenters. The molecule has 1 aromatic heterocycles. The summed E-state index contributed by atoms with van der Waals surface area (Å²) in [6.07, 6.45) is 8.75. The van der Waals surface area contributed by atoms with Crippen LogP contribution in [-0.2, 0) is 6.42 Å². The van der Waals surface area contributed by atoms with Crippen molar-refractivity contribution in [2.45, 2.75) is 58.0 Å². The van der Waals surface area contributed by atoms with E-state index in [1.54, 1.807) is 0 Å². The van der Waals surface area contributed by atoms with Gasteiger partial charge in [-0.15, -0.1) is 0 Å². The van der Waals surface area contributed by atoms with E-state index in [0.29, 0.717) is 12.1 Å². The molecule has 1 aromatic rings. The molecule has 0 bridgehead atoms. The highest BCUT2D eigenvalue weighted by molar-refractivity contribution is 5.03. The molecule has 1 fully saturated rings. The Balaban J connectivity index is 1.97. The van der Waals surface area contributed by atoms with E-state index in [1.165, 1.54) is 31.4 Å². The standard InChI is InChI=1S/C14H25N3/c1-11(2)17-9-8-13(16-17)10-14(15-3)12-6-4-5-7-12/h8-9,11-12,14-15H,4-7,10H2,1-3H3. The summed E-state index contributed by atoms with van der Waals surface area (Å²) >= 11 is 0. The molecule has 3 nitrogen and oxygen atoms in total. The maximum absolute atomic E-state index is 4.65. The molecule has 1 aliphatic carbocycles. The molecular formula is C14H25N3. The molecule has 0 saturated heterocycles. The molecule has 0 radical (unpaired) electrons. The molecule has 96 valence electrons. The van der Waals surface area contributed by atoms with Gasteiger partial charge < -0.3 is 5.32 Å². The lowest BCUT2D eigenvalue weighted by Crippen LogP contribution is -2.34. The molecule has 0 spiro atoms. The highest BCUT2D eigenvalue weighted by Crippen LogP contribution is 2.28. The van der Waals surface area contributed by atoms with Crippen LogP contribution in [0.25, 0.3) is 0 Å². The molecule has 2 rings (SSSR count). The van der Waals surface area contributed by atoms with Gasteiger partial charge >= 0.3 is 0 Å². The van der Waals surface area contributed by atoms with Gasteiger partial charge in [0.25, 0.3) is 0 Å². The van der Waals surface area contributed by atoms with Gasteiger partial charge in [0, 0.05) is 24.7 Å².